The van der Waals surface area contributed by atoms with Crippen LogP contribution in [-0.2, 0) is 0 Å². The van der Waals surface area contributed by atoms with Crippen LogP contribution in [0.4, 0.5) is 4.39 Å². The molecule has 0 fully saturated rings. The van der Waals surface area contributed by atoms with E-state index in [0.717, 1.165) is 0 Å². The van der Waals surface area contributed by atoms with E-state index in [2.05, 4.69) is 6.58 Å². The highest BCUT2D eigenvalue weighted by Gasteiger charge is 1.88. The van der Waals surface area contributed by atoms with Gasteiger partial charge in [0.15, 0.2) is 0 Å². The fraction of sp³-hybridized carbons (Fsp3) is 0.250. The molecule has 0 spiro atoms. The van der Waals surface area contributed by atoms with Crippen molar-refractivity contribution in [2.75, 3.05) is 0 Å². The molecular formula is C8H11F. The lowest BCUT2D eigenvalue weighted by molar-refractivity contribution is 0.658. The van der Waals surface area contributed by atoms with Gasteiger partial charge in [0.2, 0.25) is 0 Å². The van der Waals surface area contributed by atoms with Gasteiger partial charge in [-0.15, -0.1) is 0 Å². The second-order valence-electron chi connectivity index (χ2n) is 1.74. The fourth-order valence-corrected chi connectivity index (χ4v) is 0.375. The predicted molar refractivity (Wildman–Crippen MR) is 38.8 cm³/mol. The van der Waals surface area contributed by atoms with E-state index < -0.39 is 0 Å². The van der Waals surface area contributed by atoms with Gasteiger partial charge in [0.25, 0.3) is 0 Å². The van der Waals surface area contributed by atoms with E-state index in [1.54, 1.807) is 19.9 Å². The summed E-state index contributed by atoms with van der Waals surface area (Å²) in [6.07, 6.45) is 4.56. The summed E-state index contributed by atoms with van der Waals surface area (Å²) in [7, 11) is 0. The standard InChI is InChI=1S/C8H11F/c1-4-6-8(9)7(3)5-2/h4-6H,2H2,1,3H3/b6-4-,8-7-. The van der Waals surface area contributed by atoms with Crippen molar-refractivity contribution >= 4 is 0 Å². The van der Waals surface area contributed by atoms with E-state index in [1.165, 1.54) is 12.2 Å². The molecule has 0 rings (SSSR count). The summed E-state index contributed by atoms with van der Waals surface area (Å²) in [6, 6.07) is 0. The van der Waals surface area contributed by atoms with Crippen LogP contribution >= 0.6 is 0 Å². The highest BCUT2D eigenvalue weighted by atomic mass is 19.1. The van der Waals surface area contributed by atoms with Gasteiger partial charge >= 0.3 is 0 Å². The number of rotatable bonds is 2. The number of allylic oxidation sites excluding steroid dienone is 5. The van der Waals surface area contributed by atoms with Crippen LogP contribution in [0.5, 0.6) is 0 Å². The van der Waals surface area contributed by atoms with Gasteiger partial charge in [-0.1, -0.05) is 18.7 Å². The van der Waals surface area contributed by atoms with E-state index in [-0.39, 0.29) is 5.83 Å². The van der Waals surface area contributed by atoms with E-state index in [1.807, 2.05) is 0 Å². The Labute approximate surface area is 55.4 Å². The third kappa shape index (κ3) is 2.85. The Hall–Kier alpha value is -0.850. The van der Waals surface area contributed by atoms with Crippen molar-refractivity contribution < 1.29 is 4.39 Å². The summed E-state index contributed by atoms with van der Waals surface area (Å²) >= 11 is 0. The van der Waals surface area contributed by atoms with Gasteiger partial charge in [0.1, 0.15) is 5.83 Å². The van der Waals surface area contributed by atoms with Crippen molar-refractivity contribution in [1.29, 1.82) is 0 Å². The van der Waals surface area contributed by atoms with E-state index in [4.69, 9.17) is 0 Å². The first-order chi connectivity index (χ1) is 4.22. The summed E-state index contributed by atoms with van der Waals surface area (Å²) < 4.78 is 12.5. The molecule has 0 aromatic heterocycles. The third-order valence-corrected chi connectivity index (χ3v) is 0.996. The molecule has 0 saturated carbocycles. The zero-order valence-corrected chi connectivity index (χ0v) is 5.82. The molecule has 0 N–H and O–H groups in total. The second-order valence-corrected chi connectivity index (χ2v) is 1.74. The number of hydrogen-bond donors (Lipinski definition) is 0. The van der Waals surface area contributed by atoms with Crippen LogP contribution in [0.2, 0.25) is 0 Å². The highest BCUT2D eigenvalue weighted by molar-refractivity contribution is 5.24. The number of halogens is 1. The Morgan fingerprint density at radius 2 is 2.11 bits per heavy atom. The van der Waals surface area contributed by atoms with Gasteiger partial charge in [0.05, 0.1) is 0 Å². The molecule has 0 nitrogen and oxygen atoms in total. The molecule has 0 aliphatic heterocycles. The smallest absolute Gasteiger partial charge is 0.125 e. The van der Waals surface area contributed by atoms with Crippen molar-refractivity contribution in [3.05, 3.63) is 36.2 Å². The van der Waals surface area contributed by atoms with Crippen LogP contribution in [0, 0.1) is 0 Å². The largest absolute Gasteiger partial charge is 0.207 e. The number of hydrogen-bond acceptors (Lipinski definition) is 0. The molecule has 0 amide bonds. The molecule has 0 radical (unpaired) electrons. The highest BCUT2D eigenvalue weighted by Crippen LogP contribution is 2.06. The van der Waals surface area contributed by atoms with Gasteiger partial charge in [-0.2, -0.15) is 0 Å². The van der Waals surface area contributed by atoms with Crippen molar-refractivity contribution in [3.8, 4) is 0 Å². The minimum atomic E-state index is -0.215. The van der Waals surface area contributed by atoms with Crippen molar-refractivity contribution in [2.24, 2.45) is 0 Å². The summed E-state index contributed by atoms with van der Waals surface area (Å²) in [4.78, 5) is 0. The minimum Gasteiger partial charge on any atom is -0.207 e. The SMILES string of the molecule is C=C/C(C)=C(F)/C=C\C. The van der Waals surface area contributed by atoms with Crippen LogP contribution in [0.25, 0.3) is 0 Å². The zero-order chi connectivity index (χ0) is 7.28. The summed E-state index contributed by atoms with van der Waals surface area (Å²) in [5.41, 5.74) is 0.577. The zero-order valence-electron chi connectivity index (χ0n) is 5.82. The van der Waals surface area contributed by atoms with Crippen molar-refractivity contribution in [2.45, 2.75) is 13.8 Å². The van der Waals surface area contributed by atoms with Gasteiger partial charge in [-0.25, -0.2) is 4.39 Å². The second kappa shape index (κ2) is 4.07. The molecule has 0 aliphatic carbocycles. The van der Waals surface area contributed by atoms with Crippen LogP contribution < -0.4 is 0 Å². The Morgan fingerprint density at radius 1 is 1.56 bits per heavy atom. The maximum absolute atomic E-state index is 12.5. The summed E-state index contributed by atoms with van der Waals surface area (Å²) in [6.45, 7) is 6.89. The topological polar surface area (TPSA) is 0 Å². The van der Waals surface area contributed by atoms with Gasteiger partial charge in [0, 0.05) is 0 Å². The van der Waals surface area contributed by atoms with Crippen LogP contribution in [0.1, 0.15) is 13.8 Å². The van der Waals surface area contributed by atoms with Gasteiger partial charge in [-0.3, -0.25) is 0 Å². The maximum Gasteiger partial charge on any atom is 0.125 e. The normalized spacial score (nSPS) is 13.7. The quantitative estimate of drug-likeness (QED) is 0.499. The Morgan fingerprint density at radius 3 is 2.44 bits per heavy atom. The average molecular weight is 126 g/mol. The molecule has 0 unspecified atom stereocenters. The van der Waals surface area contributed by atoms with E-state index in [0.29, 0.717) is 5.57 Å². The van der Waals surface area contributed by atoms with Crippen LogP contribution in [-0.4, -0.2) is 0 Å². The first-order valence-electron chi connectivity index (χ1n) is 2.84. The molecule has 1 heteroatoms. The molecule has 0 aromatic carbocycles. The Balaban J connectivity index is 4.27. The molecule has 0 heterocycles. The summed E-state index contributed by atoms with van der Waals surface area (Å²) in [5, 5.41) is 0. The monoisotopic (exact) mass is 126 g/mol. The van der Waals surface area contributed by atoms with Crippen molar-refractivity contribution in [3.63, 3.8) is 0 Å². The van der Waals surface area contributed by atoms with Gasteiger partial charge in [-0.05, 0) is 25.5 Å². The fourth-order valence-electron chi connectivity index (χ4n) is 0.375. The van der Waals surface area contributed by atoms with Crippen LogP contribution in [0.15, 0.2) is 36.2 Å². The van der Waals surface area contributed by atoms with E-state index >= 15 is 0 Å². The lowest BCUT2D eigenvalue weighted by atomic mass is 10.2. The third-order valence-electron chi connectivity index (χ3n) is 0.996. The minimum absolute atomic E-state index is 0.215. The predicted octanol–water partition coefficient (Wildman–Crippen LogP) is 2.99. The lowest BCUT2D eigenvalue weighted by Gasteiger charge is -1.89. The maximum atomic E-state index is 12.5. The van der Waals surface area contributed by atoms with Crippen molar-refractivity contribution in [1.82, 2.24) is 0 Å². The molecule has 0 aliphatic rings. The molecule has 0 saturated heterocycles. The Kier molecular flexibility index (Phi) is 3.69. The molecule has 0 bridgehead atoms. The molecule has 0 aromatic rings. The summed E-state index contributed by atoms with van der Waals surface area (Å²) in [5.74, 6) is -0.215. The molecule has 0 atom stereocenters. The van der Waals surface area contributed by atoms with E-state index in [9.17, 15) is 4.39 Å². The Bertz CT molecular complexity index is 152. The van der Waals surface area contributed by atoms with Crippen LogP contribution in [0.3, 0.4) is 0 Å². The van der Waals surface area contributed by atoms with Gasteiger partial charge < -0.3 is 0 Å². The molecule has 9 heavy (non-hydrogen) atoms. The molecule has 50 valence electrons. The first kappa shape index (κ1) is 8.15. The molecular weight excluding hydrogens is 115 g/mol. The average Bonchev–Trinajstić information content (AvgIpc) is 1.87. The first-order valence-corrected chi connectivity index (χ1v) is 2.84. The lowest BCUT2D eigenvalue weighted by Crippen LogP contribution is -1.71.